The molecule has 3 rings (SSSR count). The number of hydrogen-bond donors (Lipinski definition) is 2. The number of carbonyl (C=O) groups is 2. The second-order valence-electron chi connectivity index (χ2n) is 10.2. The van der Waals surface area contributed by atoms with E-state index in [-0.39, 0.29) is 30.1 Å². The van der Waals surface area contributed by atoms with Crippen LogP contribution in [0.5, 0.6) is 11.6 Å². The summed E-state index contributed by atoms with van der Waals surface area (Å²) in [4.78, 5) is 34.3. The van der Waals surface area contributed by atoms with Crippen molar-refractivity contribution in [3.63, 3.8) is 0 Å². The third-order valence-corrected chi connectivity index (χ3v) is 7.38. The minimum atomic E-state index is -0.541. The number of methoxy groups -OCH3 is 3. The van der Waals surface area contributed by atoms with Gasteiger partial charge in [-0.1, -0.05) is 40.2 Å². The van der Waals surface area contributed by atoms with Crippen molar-refractivity contribution in [3.8, 4) is 11.6 Å². The third-order valence-electron chi connectivity index (χ3n) is 6.37. The fourth-order valence-electron chi connectivity index (χ4n) is 4.55. The average molecular weight is 603 g/mol. The summed E-state index contributed by atoms with van der Waals surface area (Å²) in [6, 6.07) is 4.84. The largest absolute Gasteiger partial charge is 0.496 e. The summed E-state index contributed by atoms with van der Waals surface area (Å²) in [7, 11) is 4.66. The van der Waals surface area contributed by atoms with Crippen LogP contribution < -0.4 is 20.1 Å². The molecule has 11 heteroatoms. The zero-order valence-electron chi connectivity index (χ0n) is 25.6. The number of fused-ring (bicyclic) bond motifs is 1. The van der Waals surface area contributed by atoms with Gasteiger partial charge in [0.15, 0.2) is 0 Å². The number of amides is 2. The average Bonchev–Trinajstić information content (AvgIpc) is 3.32. The van der Waals surface area contributed by atoms with E-state index in [1.807, 2.05) is 6.92 Å². The molecule has 2 N–H and O–H groups in total. The monoisotopic (exact) mass is 602 g/mol. The van der Waals surface area contributed by atoms with Crippen molar-refractivity contribution in [2.45, 2.75) is 53.4 Å². The van der Waals surface area contributed by atoms with Crippen LogP contribution in [0.15, 0.2) is 36.8 Å². The molecule has 2 amide bonds. The molecule has 2 aromatic heterocycles. The van der Waals surface area contributed by atoms with Crippen LogP contribution in [0.2, 0.25) is 0 Å². The quantitative estimate of drug-likeness (QED) is 0.205. The number of nitrogens with zero attached hydrogens (tertiary/aromatic N) is 2. The number of carbonyl (C=O) groups excluding carboxylic acids is 2. The van der Waals surface area contributed by atoms with Crippen LogP contribution in [-0.4, -0.2) is 56.3 Å². The van der Waals surface area contributed by atoms with Crippen LogP contribution in [0, 0.1) is 18.8 Å². The maximum Gasteiger partial charge on any atom is 0.261 e. The molecule has 0 spiro atoms. The van der Waals surface area contributed by atoms with Crippen LogP contribution in [0.4, 0.5) is 10.1 Å². The number of ether oxygens (including phenoxy) is 3. The van der Waals surface area contributed by atoms with E-state index >= 15 is 0 Å². The number of benzene rings is 1. The van der Waals surface area contributed by atoms with Crippen molar-refractivity contribution in [1.82, 2.24) is 15.3 Å². The fourth-order valence-corrected chi connectivity index (χ4v) is 5.50. The summed E-state index contributed by atoms with van der Waals surface area (Å²) >= 11 is 1.37. The summed E-state index contributed by atoms with van der Waals surface area (Å²) in [5.41, 5.74) is 1.27. The maximum atomic E-state index is 13.2. The van der Waals surface area contributed by atoms with E-state index in [4.69, 9.17) is 14.2 Å². The minimum Gasteiger partial charge on any atom is -0.496 e. The van der Waals surface area contributed by atoms with Crippen molar-refractivity contribution < 1.29 is 28.2 Å². The lowest BCUT2D eigenvalue weighted by atomic mass is 9.94. The van der Waals surface area contributed by atoms with Gasteiger partial charge in [0.05, 0.1) is 52.7 Å². The lowest BCUT2D eigenvalue weighted by Crippen LogP contribution is -2.26. The van der Waals surface area contributed by atoms with Crippen LogP contribution >= 0.6 is 11.3 Å². The van der Waals surface area contributed by atoms with Gasteiger partial charge < -0.3 is 24.8 Å². The van der Waals surface area contributed by atoms with Gasteiger partial charge in [0.2, 0.25) is 5.88 Å². The predicted molar refractivity (Wildman–Crippen MR) is 167 cm³/mol. The molecule has 9 nitrogen and oxygen atoms in total. The Morgan fingerprint density at radius 2 is 1.86 bits per heavy atom. The van der Waals surface area contributed by atoms with Crippen molar-refractivity contribution >= 4 is 39.1 Å². The second kappa shape index (κ2) is 17.4. The van der Waals surface area contributed by atoms with Gasteiger partial charge in [0, 0.05) is 32.7 Å². The molecule has 0 aliphatic carbocycles. The Hall–Kier alpha value is -3.57. The van der Waals surface area contributed by atoms with Crippen molar-refractivity contribution in [3.05, 3.63) is 52.9 Å². The first-order valence-corrected chi connectivity index (χ1v) is 14.8. The second-order valence-corrected chi connectivity index (χ2v) is 11.4. The highest BCUT2D eigenvalue weighted by Crippen LogP contribution is 2.33. The lowest BCUT2D eigenvalue weighted by Gasteiger charge is -2.15. The number of thiazole rings is 1. The predicted octanol–water partition coefficient (Wildman–Crippen LogP) is 6.97. The number of aromatic nitrogens is 2. The summed E-state index contributed by atoms with van der Waals surface area (Å²) in [6.07, 6.45) is 5.28. The summed E-state index contributed by atoms with van der Waals surface area (Å²) in [6.45, 7) is 12.8. The van der Waals surface area contributed by atoms with E-state index in [0.717, 1.165) is 23.5 Å². The molecule has 0 aliphatic rings. The highest BCUT2D eigenvalue weighted by Gasteiger charge is 2.22. The molecular formula is C31H43FN4O5S. The molecular weight excluding hydrogens is 559 g/mol. The smallest absolute Gasteiger partial charge is 0.261 e. The van der Waals surface area contributed by atoms with E-state index < -0.39 is 17.6 Å². The molecule has 42 heavy (non-hydrogen) atoms. The zero-order chi connectivity index (χ0) is 31.2. The zero-order valence-corrected chi connectivity index (χ0v) is 26.5. The number of halogens is 1. The Kier molecular flexibility index (Phi) is 14.3. The van der Waals surface area contributed by atoms with Gasteiger partial charge >= 0.3 is 0 Å². The van der Waals surface area contributed by atoms with Crippen LogP contribution in [0.1, 0.15) is 72.2 Å². The number of aryl methyl sites for hydroxylation is 1. The Balaban J connectivity index is 0.000000476. The summed E-state index contributed by atoms with van der Waals surface area (Å²) in [5.74, 6) is 0.617. The Morgan fingerprint density at radius 1 is 1.12 bits per heavy atom. The number of rotatable bonds is 14. The van der Waals surface area contributed by atoms with Gasteiger partial charge in [-0.3, -0.25) is 9.59 Å². The lowest BCUT2D eigenvalue weighted by molar-refractivity contribution is 0.0954. The molecule has 0 aliphatic heterocycles. The molecule has 230 valence electrons. The van der Waals surface area contributed by atoms with Gasteiger partial charge in [-0.15, -0.1) is 11.3 Å². The molecule has 2 atom stereocenters. The Labute approximate surface area is 251 Å². The number of hydrogen-bond acceptors (Lipinski definition) is 8. The first-order valence-electron chi connectivity index (χ1n) is 13.9. The topological polar surface area (TPSA) is 112 Å². The van der Waals surface area contributed by atoms with E-state index in [2.05, 4.69) is 48.0 Å². The molecule has 2 heterocycles. The third kappa shape index (κ3) is 10.4. The normalized spacial score (nSPS) is 12.1. The van der Waals surface area contributed by atoms with Gasteiger partial charge in [0.25, 0.3) is 11.8 Å². The van der Waals surface area contributed by atoms with Gasteiger partial charge in [0.1, 0.15) is 11.3 Å². The number of anilines is 1. The van der Waals surface area contributed by atoms with Gasteiger partial charge in [-0.2, -0.15) is 0 Å². The van der Waals surface area contributed by atoms with Crippen LogP contribution in [-0.2, 0) is 4.74 Å². The molecule has 0 bridgehead atoms. The van der Waals surface area contributed by atoms with E-state index in [1.165, 1.54) is 57.1 Å². The molecule has 1 aromatic carbocycles. The molecule has 0 saturated heterocycles. The number of nitrogens with one attached hydrogen (secondary N) is 2. The van der Waals surface area contributed by atoms with Crippen molar-refractivity contribution in [2.75, 3.05) is 39.8 Å². The van der Waals surface area contributed by atoms with E-state index in [1.54, 1.807) is 19.2 Å². The highest BCUT2D eigenvalue weighted by molar-refractivity contribution is 7.19. The standard InChI is InChI=1S/C21H21FN4O4S.C10H22O/c1-11(22)7-8-23-20(27)13-9-17(30-4)24-10-15(13)26-21(28)18-16(29-3)6-5-14-19(18)31-12(2)25-14;1-5-6-9(2)7-10(3)8-11-4/h5-6,9-10H,1,7-8H2,2-4H3,(H,23,27)(H,26,28);9-10H,5-8H2,1-4H3. The highest BCUT2D eigenvalue weighted by atomic mass is 32.1. The molecule has 0 fully saturated rings. The summed E-state index contributed by atoms with van der Waals surface area (Å²) in [5, 5.41) is 6.11. The Morgan fingerprint density at radius 3 is 2.48 bits per heavy atom. The van der Waals surface area contributed by atoms with Crippen LogP contribution in [0.3, 0.4) is 0 Å². The minimum absolute atomic E-state index is 0.0143. The van der Waals surface area contributed by atoms with E-state index in [0.29, 0.717) is 21.5 Å². The number of pyridine rings is 1. The van der Waals surface area contributed by atoms with Crippen molar-refractivity contribution in [2.24, 2.45) is 11.8 Å². The fraction of sp³-hybridized carbons (Fsp3) is 0.484. The SMILES string of the molecule is C=C(F)CCNC(=O)c1cc(OC)ncc1NC(=O)c1c(OC)ccc2nc(C)sc12.CCCC(C)CC(C)COC. The summed E-state index contributed by atoms with van der Waals surface area (Å²) < 4.78 is 29.1. The first-order chi connectivity index (χ1) is 20.0. The molecule has 3 aromatic rings. The van der Waals surface area contributed by atoms with Gasteiger partial charge in [-0.05, 0) is 37.3 Å². The molecule has 2 unspecified atom stereocenters. The van der Waals surface area contributed by atoms with E-state index in [9.17, 15) is 14.0 Å². The van der Waals surface area contributed by atoms with Crippen molar-refractivity contribution in [1.29, 1.82) is 0 Å². The van der Waals surface area contributed by atoms with Gasteiger partial charge in [-0.25, -0.2) is 14.4 Å². The van der Waals surface area contributed by atoms with Crippen LogP contribution in [0.25, 0.3) is 10.2 Å². The maximum absolute atomic E-state index is 13.2. The first kappa shape index (κ1) is 34.6. The molecule has 0 saturated carbocycles. The molecule has 0 radical (unpaired) electrons. The Bertz CT molecular complexity index is 1340.